The van der Waals surface area contributed by atoms with Gasteiger partial charge in [0.1, 0.15) is 5.82 Å². The van der Waals surface area contributed by atoms with Crippen LogP contribution in [-0.2, 0) is 13.1 Å². The average molecular weight is 319 g/mol. The van der Waals surface area contributed by atoms with Gasteiger partial charge in [-0.25, -0.2) is 4.98 Å². The molecule has 122 valence electrons. The summed E-state index contributed by atoms with van der Waals surface area (Å²) in [5.74, 6) is 1.52. The fraction of sp³-hybridized carbons (Fsp3) is 0.211. The number of hydrogen-bond donors (Lipinski definition) is 1. The number of benzene rings is 1. The summed E-state index contributed by atoms with van der Waals surface area (Å²) in [5, 5.41) is 3.25. The number of nitrogens with zero attached hydrogens (tertiary/aromatic N) is 4. The maximum absolute atomic E-state index is 4.62. The molecule has 0 saturated carbocycles. The minimum Gasteiger partial charge on any atom is -0.355 e. The molecule has 0 bridgehead atoms. The number of rotatable bonds is 6. The number of pyridine rings is 1. The van der Waals surface area contributed by atoms with E-state index in [-0.39, 0.29) is 0 Å². The fourth-order valence-corrected chi connectivity index (χ4v) is 2.44. The standard InChI is InChI=1S/C19H21N5/c1-15-12-18(24(2)14-16-8-4-3-5-9-16)23-19(22-15)21-13-17-10-6-7-11-20-17/h3-12H,13-14H2,1-2H3,(H,21,22,23). The van der Waals surface area contributed by atoms with E-state index in [1.165, 1.54) is 5.56 Å². The maximum Gasteiger partial charge on any atom is 0.225 e. The molecular formula is C19H21N5. The molecule has 3 aromatic rings. The number of anilines is 2. The van der Waals surface area contributed by atoms with Gasteiger partial charge in [-0.05, 0) is 24.6 Å². The van der Waals surface area contributed by atoms with E-state index in [0.717, 1.165) is 23.8 Å². The van der Waals surface area contributed by atoms with Gasteiger partial charge in [-0.15, -0.1) is 0 Å². The molecule has 5 heteroatoms. The Morgan fingerprint density at radius 3 is 2.54 bits per heavy atom. The minimum absolute atomic E-state index is 0.603. The summed E-state index contributed by atoms with van der Waals surface area (Å²) >= 11 is 0. The Hall–Kier alpha value is -2.95. The van der Waals surface area contributed by atoms with Crippen molar-refractivity contribution in [3.05, 3.63) is 77.7 Å². The highest BCUT2D eigenvalue weighted by molar-refractivity contribution is 5.44. The summed E-state index contributed by atoms with van der Waals surface area (Å²) in [7, 11) is 2.04. The average Bonchev–Trinajstić information content (AvgIpc) is 2.61. The van der Waals surface area contributed by atoms with Gasteiger partial charge in [0.25, 0.3) is 0 Å². The van der Waals surface area contributed by atoms with E-state index in [9.17, 15) is 0 Å². The molecule has 0 amide bonds. The quantitative estimate of drug-likeness (QED) is 0.754. The lowest BCUT2D eigenvalue weighted by atomic mass is 10.2. The Kier molecular flexibility index (Phi) is 5.01. The largest absolute Gasteiger partial charge is 0.355 e. The lowest BCUT2D eigenvalue weighted by molar-refractivity contribution is 0.882. The SMILES string of the molecule is Cc1cc(N(C)Cc2ccccc2)nc(NCc2ccccn2)n1. The first-order valence-corrected chi connectivity index (χ1v) is 7.95. The molecule has 1 aromatic carbocycles. The van der Waals surface area contributed by atoms with Crippen LogP contribution in [0, 0.1) is 6.92 Å². The van der Waals surface area contributed by atoms with Gasteiger partial charge in [0.2, 0.25) is 5.95 Å². The van der Waals surface area contributed by atoms with Gasteiger partial charge in [-0.3, -0.25) is 4.98 Å². The van der Waals surface area contributed by atoms with Crippen LogP contribution in [0.4, 0.5) is 11.8 Å². The van der Waals surface area contributed by atoms with Crippen LogP contribution in [0.3, 0.4) is 0 Å². The van der Waals surface area contributed by atoms with E-state index in [4.69, 9.17) is 0 Å². The summed E-state index contributed by atoms with van der Waals surface area (Å²) in [6.07, 6.45) is 1.78. The third-order valence-corrected chi connectivity index (χ3v) is 3.65. The number of aryl methyl sites for hydroxylation is 1. The predicted molar refractivity (Wildman–Crippen MR) is 96.9 cm³/mol. The van der Waals surface area contributed by atoms with Gasteiger partial charge >= 0.3 is 0 Å². The van der Waals surface area contributed by atoms with Crippen molar-refractivity contribution in [3.63, 3.8) is 0 Å². The monoisotopic (exact) mass is 319 g/mol. The molecule has 2 heterocycles. The van der Waals surface area contributed by atoms with Crippen LogP contribution < -0.4 is 10.2 Å². The second-order valence-corrected chi connectivity index (χ2v) is 5.71. The minimum atomic E-state index is 0.603. The summed E-state index contributed by atoms with van der Waals surface area (Å²) in [6, 6.07) is 18.2. The highest BCUT2D eigenvalue weighted by Gasteiger charge is 2.07. The van der Waals surface area contributed by atoms with E-state index in [2.05, 4.69) is 37.3 Å². The molecule has 0 aliphatic rings. The third-order valence-electron chi connectivity index (χ3n) is 3.65. The smallest absolute Gasteiger partial charge is 0.225 e. The topological polar surface area (TPSA) is 53.9 Å². The van der Waals surface area contributed by atoms with Crippen molar-refractivity contribution in [2.45, 2.75) is 20.0 Å². The lowest BCUT2D eigenvalue weighted by Gasteiger charge is -2.19. The van der Waals surface area contributed by atoms with Crippen molar-refractivity contribution < 1.29 is 0 Å². The molecular weight excluding hydrogens is 298 g/mol. The van der Waals surface area contributed by atoms with E-state index in [1.54, 1.807) is 6.20 Å². The molecule has 0 fully saturated rings. The summed E-state index contributed by atoms with van der Waals surface area (Å²) < 4.78 is 0. The van der Waals surface area contributed by atoms with Crippen molar-refractivity contribution in [1.29, 1.82) is 0 Å². The molecule has 2 aromatic heterocycles. The van der Waals surface area contributed by atoms with Crippen LogP contribution in [0.5, 0.6) is 0 Å². The van der Waals surface area contributed by atoms with E-state index in [0.29, 0.717) is 12.5 Å². The molecule has 0 unspecified atom stereocenters. The third kappa shape index (κ3) is 4.29. The fourth-order valence-electron chi connectivity index (χ4n) is 2.44. The summed E-state index contributed by atoms with van der Waals surface area (Å²) in [4.78, 5) is 15.5. The van der Waals surface area contributed by atoms with Crippen LogP contribution in [0.15, 0.2) is 60.8 Å². The first-order valence-electron chi connectivity index (χ1n) is 7.95. The van der Waals surface area contributed by atoms with Gasteiger partial charge in [-0.1, -0.05) is 36.4 Å². The van der Waals surface area contributed by atoms with Crippen LogP contribution in [0.1, 0.15) is 17.0 Å². The van der Waals surface area contributed by atoms with E-state index in [1.807, 2.05) is 56.4 Å². The van der Waals surface area contributed by atoms with Crippen molar-refractivity contribution >= 4 is 11.8 Å². The van der Waals surface area contributed by atoms with Gasteiger partial charge in [0.15, 0.2) is 0 Å². The Morgan fingerprint density at radius 2 is 1.79 bits per heavy atom. The Morgan fingerprint density at radius 1 is 1.00 bits per heavy atom. The Bertz CT molecular complexity index is 774. The van der Waals surface area contributed by atoms with Crippen molar-refractivity contribution in [1.82, 2.24) is 15.0 Å². The van der Waals surface area contributed by atoms with Gasteiger partial charge in [-0.2, -0.15) is 4.98 Å². The van der Waals surface area contributed by atoms with Gasteiger partial charge in [0, 0.05) is 31.5 Å². The zero-order chi connectivity index (χ0) is 16.8. The Labute approximate surface area is 142 Å². The van der Waals surface area contributed by atoms with Crippen LogP contribution in [-0.4, -0.2) is 22.0 Å². The summed E-state index contributed by atoms with van der Waals surface area (Å²) in [5.41, 5.74) is 3.14. The van der Waals surface area contributed by atoms with E-state index >= 15 is 0 Å². The Balaban J connectivity index is 1.71. The predicted octanol–water partition coefficient (Wildman–Crippen LogP) is 3.43. The second kappa shape index (κ2) is 7.55. The highest BCUT2D eigenvalue weighted by Crippen LogP contribution is 2.16. The zero-order valence-electron chi connectivity index (χ0n) is 14.0. The molecule has 0 spiro atoms. The molecule has 0 atom stereocenters. The number of aromatic nitrogens is 3. The maximum atomic E-state index is 4.62. The molecule has 3 rings (SSSR count). The highest BCUT2D eigenvalue weighted by atomic mass is 15.2. The zero-order valence-corrected chi connectivity index (χ0v) is 14.0. The first-order chi connectivity index (χ1) is 11.7. The van der Waals surface area contributed by atoms with E-state index < -0.39 is 0 Å². The van der Waals surface area contributed by atoms with Crippen LogP contribution >= 0.6 is 0 Å². The molecule has 24 heavy (non-hydrogen) atoms. The van der Waals surface area contributed by atoms with Gasteiger partial charge in [0.05, 0.1) is 12.2 Å². The van der Waals surface area contributed by atoms with Crippen molar-refractivity contribution in [3.8, 4) is 0 Å². The van der Waals surface area contributed by atoms with Crippen LogP contribution in [0.25, 0.3) is 0 Å². The normalized spacial score (nSPS) is 10.4. The van der Waals surface area contributed by atoms with Crippen molar-refractivity contribution in [2.24, 2.45) is 0 Å². The lowest BCUT2D eigenvalue weighted by Crippen LogP contribution is -2.19. The number of nitrogens with one attached hydrogen (secondary N) is 1. The molecule has 0 radical (unpaired) electrons. The second-order valence-electron chi connectivity index (χ2n) is 5.71. The molecule has 0 saturated heterocycles. The summed E-state index contributed by atoms with van der Waals surface area (Å²) in [6.45, 7) is 3.39. The molecule has 0 aliphatic heterocycles. The molecule has 5 nitrogen and oxygen atoms in total. The molecule has 0 aliphatic carbocycles. The van der Waals surface area contributed by atoms with Crippen molar-refractivity contribution in [2.75, 3.05) is 17.3 Å². The first kappa shape index (κ1) is 15.9. The van der Waals surface area contributed by atoms with Gasteiger partial charge < -0.3 is 10.2 Å². The molecule has 1 N–H and O–H groups in total. The van der Waals surface area contributed by atoms with Crippen LogP contribution in [0.2, 0.25) is 0 Å². The number of hydrogen-bond acceptors (Lipinski definition) is 5.